The van der Waals surface area contributed by atoms with Gasteiger partial charge in [0, 0.05) is 35.0 Å². The summed E-state index contributed by atoms with van der Waals surface area (Å²) >= 11 is 0. The number of fused-ring (bicyclic) bond motifs is 1. The maximum atomic E-state index is 12.8. The third-order valence-corrected chi connectivity index (χ3v) is 5.64. The Kier molecular flexibility index (Phi) is 6.16. The van der Waals surface area contributed by atoms with Crippen LogP contribution >= 0.6 is 0 Å². The average Bonchev–Trinajstić information content (AvgIpc) is 2.82. The molecule has 0 aliphatic heterocycles. The molecule has 3 aromatic carbocycles. The number of ether oxygens (including phenoxy) is 2. The van der Waals surface area contributed by atoms with E-state index in [1.807, 2.05) is 24.3 Å². The zero-order chi connectivity index (χ0) is 24.5. The van der Waals surface area contributed by atoms with Crippen molar-refractivity contribution in [2.75, 3.05) is 19.5 Å². The number of carbonyl (C=O) groups excluding carboxylic acids is 1. The predicted molar refractivity (Wildman–Crippen MR) is 134 cm³/mol. The molecular formula is C28H27NO5. The van der Waals surface area contributed by atoms with Gasteiger partial charge in [-0.15, -0.1) is 0 Å². The molecule has 1 N–H and O–H groups in total. The molecule has 6 heteroatoms. The maximum Gasteiger partial charge on any atom is 0.255 e. The maximum absolute atomic E-state index is 12.8. The van der Waals surface area contributed by atoms with Gasteiger partial charge in [0.2, 0.25) is 0 Å². The molecule has 34 heavy (non-hydrogen) atoms. The molecule has 0 saturated carbocycles. The minimum atomic E-state index is -0.340. The predicted octanol–water partition coefficient (Wildman–Crippen LogP) is 6.03. The number of anilines is 1. The van der Waals surface area contributed by atoms with Gasteiger partial charge >= 0.3 is 0 Å². The van der Waals surface area contributed by atoms with Crippen LogP contribution in [0.2, 0.25) is 0 Å². The van der Waals surface area contributed by atoms with Crippen molar-refractivity contribution in [3.05, 3.63) is 88.1 Å². The SMILES string of the molecule is COc1cc(OC)cc(C(=O)Nc2ccc3c(=O)cc(-c4ccc(C(C)(C)C)cc4)oc3c2)c1. The van der Waals surface area contributed by atoms with Crippen LogP contribution in [0.25, 0.3) is 22.3 Å². The van der Waals surface area contributed by atoms with Gasteiger partial charge in [0.25, 0.3) is 5.91 Å². The van der Waals surface area contributed by atoms with E-state index in [0.29, 0.717) is 39.5 Å². The number of methoxy groups -OCH3 is 2. The van der Waals surface area contributed by atoms with Gasteiger partial charge in [0.1, 0.15) is 22.8 Å². The Morgan fingerprint density at radius 3 is 2.09 bits per heavy atom. The molecule has 1 aromatic heterocycles. The summed E-state index contributed by atoms with van der Waals surface area (Å²) in [6, 6.07) is 19.4. The van der Waals surface area contributed by atoms with Crippen LogP contribution in [0.3, 0.4) is 0 Å². The molecular weight excluding hydrogens is 430 g/mol. The van der Waals surface area contributed by atoms with Crippen molar-refractivity contribution < 1.29 is 18.7 Å². The summed E-state index contributed by atoms with van der Waals surface area (Å²) in [7, 11) is 3.05. The Bertz CT molecular complexity index is 1390. The first-order valence-electron chi connectivity index (χ1n) is 10.9. The van der Waals surface area contributed by atoms with E-state index in [-0.39, 0.29) is 16.8 Å². The van der Waals surface area contributed by atoms with Crippen molar-refractivity contribution in [3.8, 4) is 22.8 Å². The molecule has 0 unspecified atom stereocenters. The van der Waals surface area contributed by atoms with Crippen molar-refractivity contribution in [2.45, 2.75) is 26.2 Å². The quantitative estimate of drug-likeness (QED) is 0.396. The average molecular weight is 458 g/mol. The Hall–Kier alpha value is -4.06. The number of nitrogens with one attached hydrogen (secondary N) is 1. The van der Waals surface area contributed by atoms with Crippen LogP contribution < -0.4 is 20.2 Å². The van der Waals surface area contributed by atoms with E-state index in [4.69, 9.17) is 13.9 Å². The lowest BCUT2D eigenvalue weighted by Crippen LogP contribution is -2.12. The van der Waals surface area contributed by atoms with Crippen LogP contribution in [0.15, 0.2) is 75.9 Å². The number of benzene rings is 3. The standard InChI is InChI=1S/C28H27NO5/c1-28(2,3)19-8-6-17(7-9-19)25-16-24(30)23-11-10-20(14-26(23)34-25)29-27(31)18-12-21(32-4)15-22(13-18)33-5/h6-16H,1-5H3,(H,29,31). The van der Waals surface area contributed by atoms with Crippen LogP contribution in [0.4, 0.5) is 5.69 Å². The molecule has 0 fully saturated rings. The van der Waals surface area contributed by atoms with Crippen molar-refractivity contribution >= 4 is 22.6 Å². The van der Waals surface area contributed by atoms with E-state index >= 15 is 0 Å². The van der Waals surface area contributed by atoms with Crippen LogP contribution in [-0.2, 0) is 5.41 Å². The third-order valence-electron chi connectivity index (χ3n) is 5.64. The van der Waals surface area contributed by atoms with Crippen molar-refractivity contribution in [2.24, 2.45) is 0 Å². The first-order valence-corrected chi connectivity index (χ1v) is 10.9. The molecule has 4 aromatic rings. The van der Waals surface area contributed by atoms with Gasteiger partial charge in [0.15, 0.2) is 5.43 Å². The second-order valence-electron chi connectivity index (χ2n) is 9.07. The van der Waals surface area contributed by atoms with Gasteiger partial charge in [-0.05, 0) is 35.2 Å². The largest absolute Gasteiger partial charge is 0.497 e. The minimum absolute atomic E-state index is 0.0304. The first-order chi connectivity index (χ1) is 16.2. The van der Waals surface area contributed by atoms with E-state index in [9.17, 15) is 9.59 Å². The highest BCUT2D eigenvalue weighted by Crippen LogP contribution is 2.28. The summed E-state index contributed by atoms with van der Waals surface area (Å²) in [6.45, 7) is 6.45. The van der Waals surface area contributed by atoms with E-state index in [2.05, 4.69) is 26.1 Å². The lowest BCUT2D eigenvalue weighted by Gasteiger charge is -2.19. The Morgan fingerprint density at radius 2 is 1.50 bits per heavy atom. The topological polar surface area (TPSA) is 77.8 Å². The monoisotopic (exact) mass is 457 g/mol. The summed E-state index contributed by atoms with van der Waals surface area (Å²) in [5.41, 5.74) is 3.16. The number of hydrogen-bond donors (Lipinski definition) is 1. The molecule has 1 heterocycles. The molecule has 0 radical (unpaired) electrons. The minimum Gasteiger partial charge on any atom is -0.497 e. The second-order valence-corrected chi connectivity index (χ2v) is 9.07. The fourth-order valence-corrected chi connectivity index (χ4v) is 3.65. The summed E-state index contributed by atoms with van der Waals surface area (Å²) in [5, 5.41) is 3.28. The van der Waals surface area contributed by atoms with Crippen LogP contribution in [0.1, 0.15) is 36.7 Å². The second kappa shape index (κ2) is 9.06. The zero-order valence-electron chi connectivity index (χ0n) is 19.9. The normalized spacial score (nSPS) is 11.3. The van der Waals surface area contributed by atoms with Crippen molar-refractivity contribution in [3.63, 3.8) is 0 Å². The van der Waals surface area contributed by atoms with E-state index in [1.165, 1.54) is 25.8 Å². The summed E-state index contributed by atoms with van der Waals surface area (Å²) in [5.74, 6) is 1.15. The Labute approximate surface area is 198 Å². The molecule has 0 aliphatic rings. The van der Waals surface area contributed by atoms with Crippen LogP contribution in [0.5, 0.6) is 11.5 Å². The fourth-order valence-electron chi connectivity index (χ4n) is 3.65. The van der Waals surface area contributed by atoms with Gasteiger partial charge in [-0.1, -0.05) is 45.0 Å². The molecule has 0 aliphatic carbocycles. The lowest BCUT2D eigenvalue weighted by molar-refractivity contribution is 0.102. The molecule has 1 amide bonds. The van der Waals surface area contributed by atoms with Gasteiger partial charge in [-0.25, -0.2) is 0 Å². The van der Waals surface area contributed by atoms with E-state index in [1.54, 1.807) is 36.4 Å². The molecule has 4 rings (SSSR count). The van der Waals surface area contributed by atoms with Crippen molar-refractivity contribution in [1.29, 1.82) is 0 Å². The number of amides is 1. The smallest absolute Gasteiger partial charge is 0.255 e. The van der Waals surface area contributed by atoms with Gasteiger partial charge in [-0.3, -0.25) is 9.59 Å². The Balaban J connectivity index is 1.66. The molecule has 174 valence electrons. The zero-order valence-corrected chi connectivity index (χ0v) is 19.9. The Morgan fingerprint density at radius 1 is 0.853 bits per heavy atom. The molecule has 0 atom stereocenters. The van der Waals surface area contributed by atoms with Crippen LogP contribution in [-0.4, -0.2) is 20.1 Å². The van der Waals surface area contributed by atoms with Crippen LogP contribution in [0, 0.1) is 0 Å². The summed E-state index contributed by atoms with van der Waals surface area (Å²) < 4.78 is 16.5. The van der Waals surface area contributed by atoms with Gasteiger partial charge < -0.3 is 19.2 Å². The number of rotatable bonds is 5. The van der Waals surface area contributed by atoms with Gasteiger partial charge in [0.05, 0.1) is 19.6 Å². The van der Waals surface area contributed by atoms with E-state index in [0.717, 1.165) is 5.56 Å². The first kappa shape index (κ1) is 23.1. The summed E-state index contributed by atoms with van der Waals surface area (Å²) in [6.07, 6.45) is 0. The lowest BCUT2D eigenvalue weighted by atomic mass is 9.86. The highest BCUT2D eigenvalue weighted by atomic mass is 16.5. The molecule has 0 bridgehead atoms. The fraction of sp³-hybridized carbons (Fsp3) is 0.214. The van der Waals surface area contributed by atoms with Crippen molar-refractivity contribution in [1.82, 2.24) is 0 Å². The van der Waals surface area contributed by atoms with E-state index < -0.39 is 0 Å². The number of hydrogen-bond acceptors (Lipinski definition) is 5. The highest BCUT2D eigenvalue weighted by Gasteiger charge is 2.15. The molecule has 6 nitrogen and oxygen atoms in total. The van der Waals surface area contributed by atoms with Gasteiger partial charge in [-0.2, -0.15) is 0 Å². The number of carbonyl (C=O) groups is 1. The molecule has 0 spiro atoms. The summed E-state index contributed by atoms with van der Waals surface area (Å²) in [4.78, 5) is 25.6. The molecule has 0 saturated heterocycles. The third kappa shape index (κ3) is 4.81. The highest BCUT2D eigenvalue weighted by molar-refractivity contribution is 6.05.